The maximum absolute atomic E-state index is 13.1. The summed E-state index contributed by atoms with van der Waals surface area (Å²) in [5.41, 5.74) is 0.470. The first-order valence-corrected chi connectivity index (χ1v) is 5.05. The number of halogens is 1. The van der Waals surface area contributed by atoms with Gasteiger partial charge in [-0.25, -0.2) is 4.39 Å². The molecular formula is C11H12FN3O2. The monoisotopic (exact) mass is 237 g/mol. The molecule has 17 heavy (non-hydrogen) atoms. The van der Waals surface area contributed by atoms with Gasteiger partial charge in [0.25, 0.3) is 0 Å². The highest BCUT2D eigenvalue weighted by atomic mass is 19.1. The van der Waals surface area contributed by atoms with Crippen LogP contribution in [0.15, 0.2) is 24.5 Å². The van der Waals surface area contributed by atoms with E-state index in [-0.39, 0.29) is 13.2 Å². The zero-order valence-corrected chi connectivity index (χ0v) is 9.30. The predicted molar refractivity (Wildman–Crippen MR) is 57.7 cm³/mol. The Morgan fingerprint density at radius 2 is 2.24 bits per heavy atom. The molecule has 5 nitrogen and oxygen atoms in total. The van der Waals surface area contributed by atoms with Crippen LogP contribution in [0.25, 0.3) is 0 Å². The Labute approximate surface area is 97.5 Å². The average molecular weight is 237 g/mol. The van der Waals surface area contributed by atoms with E-state index in [4.69, 9.17) is 9.84 Å². The minimum atomic E-state index is -0.440. The van der Waals surface area contributed by atoms with Crippen LogP contribution in [-0.4, -0.2) is 19.9 Å². The SMILES string of the molecule is Cn1cnnc1COc1cc(F)cc(CO)c1. The lowest BCUT2D eigenvalue weighted by Gasteiger charge is -2.07. The molecule has 1 N–H and O–H groups in total. The second kappa shape index (κ2) is 4.92. The summed E-state index contributed by atoms with van der Waals surface area (Å²) in [6, 6.07) is 4.10. The molecule has 1 aromatic carbocycles. The number of aliphatic hydroxyl groups excluding tert-OH is 1. The van der Waals surface area contributed by atoms with Crippen LogP contribution in [0.4, 0.5) is 4.39 Å². The quantitative estimate of drug-likeness (QED) is 0.862. The summed E-state index contributed by atoms with van der Waals surface area (Å²) < 4.78 is 20.2. The van der Waals surface area contributed by atoms with Gasteiger partial charge in [0.15, 0.2) is 5.82 Å². The summed E-state index contributed by atoms with van der Waals surface area (Å²) in [5, 5.41) is 16.5. The van der Waals surface area contributed by atoms with E-state index in [2.05, 4.69) is 10.2 Å². The summed E-state index contributed by atoms with van der Waals surface area (Å²) in [5.74, 6) is 0.557. The highest BCUT2D eigenvalue weighted by Crippen LogP contribution is 2.17. The van der Waals surface area contributed by atoms with E-state index < -0.39 is 5.82 Å². The van der Waals surface area contributed by atoms with E-state index in [0.29, 0.717) is 17.1 Å². The molecule has 2 aromatic rings. The van der Waals surface area contributed by atoms with E-state index in [1.165, 1.54) is 12.1 Å². The Kier molecular flexibility index (Phi) is 3.34. The number of rotatable bonds is 4. The fourth-order valence-corrected chi connectivity index (χ4v) is 1.38. The molecule has 0 bridgehead atoms. The molecule has 1 heterocycles. The van der Waals surface area contributed by atoms with Crippen molar-refractivity contribution in [2.24, 2.45) is 7.05 Å². The maximum atomic E-state index is 13.1. The molecule has 0 unspecified atom stereocenters. The molecule has 0 aliphatic heterocycles. The van der Waals surface area contributed by atoms with Gasteiger partial charge in [-0.2, -0.15) is 0 Å². The first-order chi connectivity index (χ1) is 8.19. The van der Waals surface area contributed by atoms with Crippen molar-refractivity contribution in [2.75, 3.05) is 0 Å². The number of aryl methyl sites for hydroxylation is 1. The first-order valence-electron chi connectivity index (χ1n) is 5.05. The van der Waals surface area contributed by atoms with Crippen LogP contribution in [0.2, 0.25) is 0 Å². The van der Waals surface area contributed by atoms with Gasteiger partial charge >= 0.3 is 0 Å². The molecule has 0 radical (unpaired) electrons. The molecule has 0 aliphatic rings. The third-order valence-corrected chi connectivity index (χ3v) is 2.29. The molecule has 1 aromatic heterocycles. The topological polar surface area (TPSA) is 60.2 Å². The van der Waals surface area contributed by atoms with Crippen molar-refractivity contribution in [2.45, 2.75) is 13.2 Å². The molecule has 0 spiro atoms. The third kappa shape index (κ3) is 2.79. The van der Waals surface area contributed by atoms with Crippen LogP contribution in [0.5, 0.6) is 5.75 Å². The molecule has 0 aliphatic carbocycles. The summed E-state index contributed by atoms with van der Waals surface area (Å²) >= 11 is 0. The van der Waals surface area contributed by atoms with Gasteiger partial charge in [-0.05, 0) is 17.7 Å². The van der Waals surface area contributed by atoms with E-state index in [0.717, 1.165) is 0 Å². The molecule has 0 atom stereocenters. The Hall–Kier alpha value is -1.95. The smallest absolute Gasteiger partial charge is 0.170 e. The Morgan fingerprint density at radius 3 is 2.88 bits per heavy atom. The van der Waals surface area contributed by atoms with Gasteiger partial charge in [-0.3, -0.25) is 0 Å². The average Bonchev–Trinajstić information content (AvgIpc) is 2.71. The van der Waals surface area contributed by atoms with Gasteiger partial charge in [0.1, 0.15) is 24.5 Å². The number of ether oxygens (including phenoxy) is 1. The van der Waals surface area contributed by atoms with Crippen LogP contribution in [0, 0.1) is 5.82 Å². The van der Waals surface area contributed by atoms with Crippen molar-refractivity contribution in [3.8, 4) is 5.75 Å². The number of aliphatic hydroxyl groups is 1. The second-order valence-corrected chi connectivity index (χ2v) is 3.60. The number of nitrogens with zero attached hydrogens (tertiary/aromatic N) is 3. The second-order valence-electron chi connectivity index (χ2n) is 3.60. The largest absolute Gasteiger partial charge is 0.485 e. The van der Waals surface area contributed by atoms with Gasteiger partial charge in [0, 0.05) is 13.1 Å². The number of aromatic nitrogens is 3. The Bertz CT molecular complexity index is 513. The minimum absolute atomic E-state index is 0.199. The van der Waals surface area contributed by atoms with Gasteiger partial charge in [0.2, 0.25) is 0 Å². The van der Waals surface area contributed by atoms with Crippen LogP contribution in [0.1, 0.15) is 11.4 Å². The molecule has 2 rings (SSSR count). The van der Waals surface area contributed by atoms with Crippen molar-refractivity contribution >= 4 is 0 Å². The fourth-order valence-electron chi connectivity index (χ4n) is 1.38. The zero-order valence-electron chi connectivity index (χ0n) is 9.30. The molecule has 0 fully saturated rings. The molecule has 90 valence electrons. The molecule has 0 saturated heterocycles. The first kappa shape index (κ1) is 11.5. The molecular weight excluding hydrogens is 225 g/mol. The molecule has 0 amide bonds. The number of hydrogen-bond acceptors (Lipinski definition) is 4. The predicted octanol–water partition coefficient (Wildman–Crippen LogP) is 1.03. The van der Waals surface area contributed by atoms with Crippen molar-refractivity contribution in [1.29, 1.82) is 0 Å². The van der Waals surface area contributed by atoms with Gasteiger partial charge in [0.05, 0.1) is 6.61 Å². The molecule has 6 heteroatoms. The summed E-state index contributed by atoms with van der Waals surface area (Å²) in [6.07, 6.45) is 1.56. The zero-order chi connectivity index (χ0) is 12.3. The van der Waals surface area contributed by atoms with Crippen molar-refractivity contribution < 1.29 is 14.2 Å². The normalized spacial score (nSPS) is 10.5. The number of hydrogen-bond donors (Lipinski definition) is 1. The van der Waals surface area contributed by atoms with Crippen LogP contribution in [-0.2, 0) is 20.3 Å². The fraction of sp³-hybridized carbons (Fsp3) is 0.273. The standard InChI is InChI=1S/C11H12FN3O2/c1-15-7-13-14-11(15)6-17-10-3-8(5-16)2-9(12)4-10/h2-4,7,16H,5-6H2,1H3. The van der Waals surface area contributed by atoms with E-state index in [1.807, 2.05) is 0 Å². The van der Waals surface area contributed by atoms with E-state index in [9.17, 15) is 4.39 Å². The summed E-state index contributed by atoms with van der Waals surface area (Å²) in [4.78, 5) is 0. The lowest BCUT2D eigenvalue weighted by molar-refractivity contribution is 0.273. The van der Waals surface area contributed by atoms with Gasteiger partial charge < -0.3 is 14.4 Å². The van der Waals surface area contributed by atoms with Crippen LogP contribution >= 0.6 is 0 Å². The maximum Gasteiger partial charge on any atom is 0.170 e. The van der Waals surface area contributed by atoms with Crippen molar-refractivity contribution in [3.63, 3.8) is 0 Å². The van der Waals surface area contributed by atoms with Crippen LogP contribution < -0.4 is 4.74 Å². The lowest BCUT2D eigenvalue weighted by Crippen LogP contribution is -2.03. The summed E-state index contributed by atoms with van der Waals surface area (Å²) in [7, 11) is 1.80. The lowest BCUT2D eigenvalue weighted by atomic mass is 10.2. The Balaban J connectivity index is 2.09. The highest BCUT2D eigenvalue weighted by molar-refractivity contribution is 5.29. The third-order valence-electron chi connectivity index (χ3n) is 2.29. The van der Waals surface area contributed by atoms with Crippen molar-refractivity contribution in [1.82, 2.24) is 14.8 Å². The highest BCUT2D eigenvalue weighted by Gasteiger charge is 2.04. The van der Waals surface area contributed by atoms with Crippen molar-refractivity contribution in [3.05, 3.63) is 41.7 Å². The van der Waals surface area contributed by atoms with E-state index in [1.54, 1.807) is 24.0 Å². The van der Waals surface area contributed by atoms with Crippen LogP contribution in [0.3, 0.4) is 0 Å². The van der Waals surface area contributed by atoms with Gasteiger partial charge in [-0.1, -0.05) is 0 Å². The minimum Gasteiger partial charge on any atom is -0.485 e. The van der Waals surface area contributed by atoms with E-state index >= 15 is 0 Å². The number of benzene rings is 1. The Morgan fingerprint density at radius 1 is 1.41 bits per heavy atom. The molecule has 0 saturated carbocycles. The van der Waals surface area contributed by atoms with Gasteiger partial charge in [-0.15, -0.1) is 10.2 Å². The summed E-state index contributed by atoms with van der Waals surface area (Å²) in [6.45, 7) is -0.0249.